The van der Waals surface area contributed by atoms with E-state index in [0.717, 1.165) is 54.9 Å². The van der Waals surface area contributed by atoms with Crippen LogP contribution in [-0.2, 0) is 0 Å². The van der Waals surface area contributed by atoms with Gasteiger partial charge in [0, 0.05) is 0 Å². The van der Waals surface area contributed by atoms with Gasteiger partial charge in [-0.2, -0.15) is 0 Å². The maximum Gasteiger partial charge on any atom is 0.123 e. The van der Waals surface area contributed by atoms with Gasteiger partial charge in [0.25, 0.3) is 0 Å². The van der Waals surface area contributed by atoms with Crippen LogP contribution in [-0.4, -0.2) is 0 Å². The Hall–Kier alpha value is -10.0. The first-order valence-corrected chi connectivity index (χ1v) is 26.8. The topological polar surface area (TPSA) is 0 Å². The van der Waals surface area contributed by atoms with Crippen LogP contribution in [0.1, 0.15) is 0 Å². The Bertz CT molecular complexity index is 4710. The van der Waals surface area contributed by atoms with Crippen molar-refractivity contribution in [2.75, 3.05) is 0 Å². The van der Waals surface area contributed by atoms with Crippen LogP contribution in [0.15, 0.2) is 255 Å². The molecule has 2 heteroatoms. The molecule has 360 valence electrons. The third kappa shape index (κ3) is 5.86. The van der Waals surface area contributed by atoms with Crippen molar-refractivity contribution in [3.63, 3.8) is 0 Å². The van der Waals surface area contributed by atoms with E-state index in [-0.39, 0.29) is 11.6 Å². The molecule has 0 atom stereocenters. The number of rotatable bonds is 6. The standard InChI is InChI=1S/C76H42F2/c77-47-31-27-45(28-32-47)65-53-23-11-13-25-55(53)69(51-21-9-7-19-49(51)43-15-3-1-4-16-43)75-63-41-37-59-58-36-40-62-72-64(42-38-60(68(58)72)57-35-39-61(73(65)75)71(63)67(57)59)76-70(52-22-10-8-20-50(52)44-17-5-2-6-18-44)56-26-14-12-24-54(56)66(74(62)76)46-29-33-48(78)34-30-46/h1-42H. The van der Waals surface area contributed by atoms with Gasteiger partial charge in [0.2, 0.25) is 0 Å². The van der Waals surface area contributed by atoms with Crippen LogP contribution in [0.5, 0.6) is 0 Å². The van der Waals surface area contributed by atoms with Crippen molar-refractivity contribution in [2.45, 2.75) is 0 Å². The smallest absolute Gasteiger partial charge is 0.123 e. The lowest BCUT2D eigenvalue weighted by atomic mass is 9.81. The molecule has 17 rings (SSSR count). The lowest BCUT2D eigenvalue weighted by Crippen LogP contribution is -1.95. The van der Waals surface area contributed by atoms with Crippen molar-refractivity contribution < 1.29 is 8.78 Å². The summed E-state index contributed by atoms with van der Waals surface area (Å²) in [7, 11) is 0. The molecule has 0 saturated heterocycles. The van der Waals surface area contributed by atoms with Gasteiger partial charge >= 0.3 is 0 Å². The van der Waals surface area contributed by atoms with Crippen molar-refractivity contribution in [1.82, 2.24) is 0 Å². The summed E-state index contributed by atoms with van der Waals surface area (Å²) in [6, 6.07) is 89.8. The SMILES string of the molecule is Fc1ccc(-c2c3c(c(-c4ccccc4-c4ccccc4)c4ccccc24)-c2ccc4c5ccc6c7c(ccc(c8ccc-3c2c84)c75)-c2c-6c(-c3ccc(F)cc3)c3ccccc3c2-c2ccccc2-c2ccccc2)cc1. The van der Waals surface area contributed by atoms with Gasteiger partial charge in [-0.25, -0.2) is 8.78 Å². The Morgan fingerprint density at radius 3 is 0.782 bits per heavy atom. The molecule has 78 heavy (non-hydrogen) atoms. The molecule has 0 N–H and O–H groups in total. The first-order valence-electron chi connectivity index (χ1n) is 26.8. The predicted molar refractivity (Wildman–Crippen MR) is 324 cm³/mol. The molecule has 0 amide bonds. The molecule has 0 aromatic heterocycles. The van der Waals surface area contributed by atoms with E-state index in [9.17, 15) is 8.78 Å². The van der Waals surface area contributed by atoms with Crippen LogP contribution in [0.25, 0.3) is 176 Å². The Labute approximate surface area is 448 Å². The summed E-state index contributed by atoms with van der Waals surface area (Å²) < 4.78 is 29.8. The van der Waals surface area contributed by atoms with Crippen molar-refractivity contribution in [3.05, 3.63) is 266 Å². The Morgan fingerprint density at radius 2 is 0.436 bits per heavy atom. The second-order valence-electron chi connectivity index (χ2n) is 21.1. The van der Waals surface area contributed by atoms with Gasteiger partial charge in [0.15, 0.2) is 0 Å². The summed E-state index contributed by atoms with van der Waals surface area (Å²) in [5.41, 5.74) is 23.1. The minimum atomic E-state index is -0.255. The summed E-state index contributed by atoms with van der Waals surface area (Å²) in [6.07, 6.45) is 0. The van der Waals surface area contributed by atoms with Crippen LogP contribution in [0.4, 0.5) is 8.78 Å². The van der Waals surface area contributed by atoms with Gasteiger partial charge in [-0.15, -0.1) is 0 Å². The van der Waals surface area contributed by atoms with Gasteiger partial charge in [-0.05, 0) is 200 Å². The van der Waals surface area contributed by atoms with Crippen LogP contribution in [0.2, 0.25) is 0 Å². The summed E-state index contributed by atoms with van der Waals surface area (Å²) in [5.74, 6) is -0.511. The van der Waals surface area contributed by atoms with Gasteiger partial charge in [0.05, 0.1) is 0 Å². The average Bonchev–Trinajstić information content (AvgIpc) is 4.10. The van der Waals surface area contributed by atoms with Crippen molar-refractivity contribution in [1.29, 1.82) is 0 Å². The molecule has 15 aromatic rings. The summed E-state index contributed by atoms with van der Waals surface area (Å²) in [5, 5.41) is 14.4. The van der Waals surface area contributed by atoms with Crippen LogP contribution < -0.4 is 0 Å². The minimum Gasteiger partial charge on any atom is -0.207 e. The average molecular weight is 993 g/mol. The fraction of sp³-hybridized carbons (Fsp3) is 0. The summed E-state index contributed by atoms with van der Waals surface area (Å²) in [6.45, 7) is 0. The summed E-state index contributed by atoms with van der Waals surface area (Å²) >= 11 is 0. The zero-order chi connectivity index (χ0) is 51.3. The van der Waals surface area contributed by atoms with Crippen molar-refractivity contribution in [2.24, 2.45) is 0 Å². The number of hydrogen-bond acceptors (Lipinski definition) is 0. The van der Waals surface area contributed by atoms with E-state index in [1.165, 1.54) is 121 Å². The highest BCUT2D eigenvalue weighted by atomic mass is 19.1. The molecule has 0 heterocycles. The fourth-order valence-electron chi connectivity index (χ4n) is 14.2. The normalized spacial score (nSPS) is 12.2. The Kier molecular flexibility index (Phi) is 9.01. The highest BCUT2D eigenvalue weighted by Gasteiger charge is 2.36. The van der Waals surface area contributed by atoms with Gasteiger partial charge in [0.1, 0.15) is 11.6 Å². The van der Waals surface area contributed by atoms with E-state index < -0.39 is 0 Å². The molecule has 0 saturated carbocycles. The number of fused-ring (bicyclic) bond motifs is 10. The second-order valence-corrected chi connectivity index (χ2v) is 21.1. The van der Waals surface area contributed by atoms with E-state index in [4.69, 9.17) is 0 Å². The minimum absolute atomic E-state index is 0.255. The maximum atomic E-state index is 14.9. The first-order chi connectivity index (χ1) is 38.6. The second kappa shape index (κ2) is 16.2. The van der Waals surface area contributed by atoms with Crippen LogP contribution >= 0.6 is 0 Å². The third-order valence-corrected chi connectivity index (χ3v) is 17.2. The molecule has 0 fully saturated rings. The molecule has 0 unspecified atom stereocenters. The quantitative estimate of drug-likeness (QED) is 0.115. The van der Waals surface area contributed by atoms with E-state index in [0.29, 0.717) is 0 Å². The maximum absolute atomic E-state index is 14.9. The molecule has 0 bridgehead atoms. The van der Waals surface area contributed by atoms with E-state index in [1.807, 2.05) is 24.3 Å². The van der Waals surface area contributed by atoms with E-state index in [2.05, 4.69) is 206 Å². The predicted octanol–water partition coefficient (Wildman–Crippen LogP) is 21.6. The van der Waals surface area contributed by atoms with E-state index in [1.54, 1.807) is 24.3 Å². The monoisotopic (exact) mass is 992 g/mol. The Morgan fingerprint density at radius 1 is 0.154 bits per heavy atom. The molecule has 0 radical (unpaired) electrons. The third-order valence-electron chi connectivity index (χ3n) is 17.2. The first kappa shape index (κ1) is 43.2. The lowest BCUT2D eigenvalue weighted by Gasteiger charge is -2.22. The Balaban J connectivity index is 0.991. The molecule has 2 aliphatic carbocycles. The van der Waals surface area contributed by atoms with Gasteiger partial charge < -0.3 is 0 Å². The molecular weight excluding hydrogens is 951 g/mol. The van der Waals surface area contributed by atoms with Crippen LogP contribution in [0, 0.1) is 11.6 Å². The van der Waals surface area contributed by atoms with Crippen LogP contribution in [0.3, 0.4) is 0 Å². The lowest BCUT2D eigenvalue weighted by molar-refractivity contribution is 0.627. The molecule has 0 aliphatic heterocycles. The van der Waals surface area contributed by atoms with Gasteiger partial charge in [-0.3, -0.25) is 0 Å². The number of benzene rings is 15. The number of halogens is 2. The zero-order valence-corrected chi connectivity index (χ0v) is 42.0. The molecule has 2 aliphatic rings. The van der Waals surface area contributed by atoms with E-state index >= 15 is 0 Å². The largest absolute Gasteiger partial charge is 0.207 e. The molecular formula is C76H42F2. The number of hydrogen-bond donors (Lipinski definition) is 0. The van der Waals surface area contributed by atoms with Crippen molar-refractivity contribution >= 4 is 64.6 Å². The molecule has 0 nitrogen and oxygen atoms in total. The molecule has 15 aromatic carbocycles. The van der Waals surface area contributed by atoms with Gasteiger partial charge in [-0.1, -0.05) is 231 Å². The molecule has 0 spiro atoms. The summed E-state index contributed by atoms with van der Waals surface area (Å²) in [4.78, 5) is 0. The highest BCUT2D eigenvalue weighted by molar-refractivity contribution is 6.42. The van der Waals surface area contributed by atoms with Crippen molar-refractivity contribution in [3.8, 4) is 111 Å². The zero-order valence-electron chi connectivity index (χ0n) is 42.0. The highest BCUT2D eigenvalue weighted by Crippen LogP contribution is 2.63. The fourth-order valence-corrected chi connectivity index (χ4v) is 14.2.